The molecule has 30 heavy (non-hydrogen) atoms. The molecular formula is C21H30ClIN4O3. The van der Waals surface area contributed by atoms with Gasteiger partial charge in [-0.05, 0) is 41.7 Å². The van der Waals surface area contributed by atoms with Crippen molar-refractivity contribution in [1.29, 1.82) is 0 Å². The summed E-state index contributed by atoms with van der Waals surface area (Å²) in [6.45, 7) is 5.73. The van der Waals surface area contributed by atoms with Crippen LogP contribution < -0.4 is 25.3 Å². The molecule has 0 saturated carbocycles. The normalized spacial score (nSPS) is 11.1. The Morgan fingerprint density at radius 2 is 1.90 bits per heavy atom. The predicted molar refractivity (Wildman–Crippen MR) is 132 cm³/mol. The van der Waals surface area contributed by atoms with Crippen molar-refractivity contribution in [3.8, 4) is 17.4 Å². The van der Waals surface area contributed by atoms with Crippen molar-refractivity contribution in [2.75, 3.05) is 27.4 Å². The van der Waals surface area contributed by atoms with Gasteiger partial charge in [0.2, 0.25) is 5.88 Å². The second kappa shape index (κ2) is 13.4. The zero-order chi connectivity index (χ0) is 21.2. The summed E-state index contributed by atoms with van der Waals surface area (Å²) >= 11 is 6.22. The first-order valence-electron chi connectivity index (χ1n) is 9.44. The molecule has 0 aliphatic heterocycles. The minimum absolute atomic E-state index is 0. The third kappa shape index (κ3) is 8.43. The van der Waals surface area contributed by atoms with E-state index < -0.39 is 0 Å². The highest BCUT2D eigenvalue weighted by molar-refractivity contribution is 14.0. The van der Waals surface area contributed by atoms with Crippen molar-refractivity contribution in [1.82, 2.24) is 10.3 Å². The molecular weight excluding hydrogens is 519 g/mol. The number of nitrogens with two attached hydrogens (primary N) is 1. The van der Waals surface area contributed by atoms with Gasteiger partial charge in [0, 0.05) is 12.7 Å². The molecule has 0 aliphatic rings. The molecule has 2 rings (SSSR count). The van der Waals surface area contributed by atoms with Crippen molar-refractivity contribution < 1.29 is 14.2 Å². The molecule has 0 unspecified atom stereocenters. The van der Waals surface area contributed by atoms with Crippen LogP contribution in [0.5, 0.6) is 17.4 Å². The van der Waals surface area contributed by atoms with E-state index in [1.54, 1.807) is 26.5 Å². The minimum atomic E-state index is 0. The Balaban J connectivity index is 0.00000450. The fraction of sp³-hybridized carbons (Fsp3) is 0.429. The monoisotopic (exact) mass is 548 g/mol. The number of rotatable bonds is 10. The predicted octanol–water partition coefficient (Wildman–Crippen LogP) is 4.05. The molecule has 0 saturated heterocycles. The maximum absolute atomic E-state index is 6.22. The largest absolute Gasteiger partial charge is 0.493 e. The van der Waals surface area contributed by atoms with Crippen molar-refractivity contribution in [2.45, 2.75) is 26.8 Å². The lowest BCUT2D eigenvalue weighted by Crippen LogP contribution is -2.33. The second-order valence-corrected chi connectivity index (χ2v) is 7.31. The summed E-state index contributed by atoms with van der Waals surface area (Å²) in [7, 11) is 3.24. The Labute approximate surface area is 200 Å². The number of guanidine groups is 1. The third-order valence-corrected chi connectivity index (χ3v) is 4.29. The van der Waals surface area contributed by atoms with E-state index in [1.807, 2.05) is 18.2 Å². The van der Waals surface area contributed by atoms with Crippen molar-refractivity contribution in [3.05, 3.63) is 46.6 Å². The number of hydrogen-bond acceptors (Lipinski definition) is 5. The van der Waals surface area contributed by atoms with Crippen LogP contribution in [-0.2, 0) is 13.0 Å². The van der Waals surface area contributed by atoms with E-state index in [-0.39, 0.29) is 24.0 Å². The van der Waals surface area contributed by atoms with Gasteiger partial charge in [0.15, 0.2) is 17.5 Å². The van der Waals surface area contributed by atoms with Crippen molar-refractivity contribution in [3.63, 3.8) is 0 Å². The van der Waals surface area contributed by atoms with Gasteiger partial charge in [-0.2, -0.15) is 0 Å². The Morgan fingerprint density at radius 1 is 1.17 bits per heavy atom. The topological polar surface area (TPSA) is 91.0 Å². The number of hydrogen-bond donors (Lipinski definition) is 2. The van der Waals surface area contributed by atoms with E-state index in [0.717, 1.165) is 17.5 Å². The maximum atomic E-state index is 6.22. The summed E-state index contributed by atoms with van der Waals surface area (Å²) in [6.07, 6.45) is 2.47. The Hall–Kier alpha value is -1.94. The number of pyridine rings is 1. The lowest BCUT2D eigenvalue weighted by molar-refractivity contribution is 0.261. The first-order valence-corrected chi connectivity index (χ1v) is 9.82. The molecule has 0 fully saturated rings. The summed E-state index contributed by atoms with van der Waals surface area (Å²) in [5.74, 6) is 2.62. The van der Waals surface area contributed by atoms with E-state index in [0.29, 0.717) is 54.0 Å². The molecule has 1 aromatic carbocycles. The standard InChI is InChI=1S/C21H29ClN4O3.HI/c1-14(2)13-29-20-17(22)9-16(11-25-20)12-26-21(23)24-8-7-15-5-6-18(27-3)19(10-15)28-4;/h5-6,9-11,14H,7-8,12-13H2,1-4H3,(H3,23,24,26);1H. The van der Waals surface area contributed by atoms with Gasteiger partial charge >= 0.3 is 0 Å². The van der Waals surface area contributed by atoms with Gasteiger partial charge in [-0.25, -0.2) is 9.98 Å². The van der Waals surface area contributed by atoms with Crippen LogP contribution in [0.25, 0.3) is 0 Å². The lowest BCUT2D eigenvalue weighted by atomic mass is 10.1. The molecule has 2 aromatic rings. The molecule has 0 atom stereocenters. The maximum Gasteiger partial charge on any atom is 0.232 e. The summed E-state index contributed by atoms with van der Waals surface area (Å²) < 4.78 is 16.1. The van der Waals surface area contributed by atoms with E-state index in [1.165, 1.54) is 0 Å². The van der Waals surface area contributed by atoms with Crippen LogP contribution in [-0.4, -0.2) is 38.3 Å². The van der Waals surface area contributed by atoms with Crippen LogP contribution in [0.4, 0.5) is 0 Å². The van der Waals surface area contributed by atoms with Gasteiger partial charge in [0.1, 0.15) is 5.02 Å². The van der Waals surface area contributed by atoms with Crippen LogP contribution in [0.3, 0.4) is 0 Å². The number of aliphatic imine (C=N–C) groups is 1. The van der Waals surface area contributed by atoms with Gasteiger partial charge < -0.3 is 25.3 Å². The average molecular weight is 549 g/mol. The molecule has 0 bridgehead atoms. The first kappa shape index (κ1) is 26.1. The quantitative estimate of drug-likeness (QED) is 0.264. The summed E-state index contributed by atoms with van der Waals surface area (Å²) in [5.41, 5.74) is 7.92. The molecule has 0 spiro atoms. The number of halogens is 2. The smallest absolute Gasteiger partial charge is 0.232 e. The van der Waals surface area contributed by atoms with Gasteiger partial charge in [-0.1, -0.05) is 31.5 Å². The highest BCUT2D eigenvalue weighted by Gasteiger charge is 2.07. The van der Waals surface area contributed by atoms with E-state index in [4.69, 9.17) is 31.5 Å². The number of nitrogens with zero attached hydrogens (tertiary/aromatic N) is 2. The van der Waals surface area contributed by atoms with Crippen LogP contribution in [0.2, 0.25) is 5.02 Å². The molecule has 1 aromatic heterocycles. The van der Waals surface area contributed by atoms with Gasteiger partial charge in [0.05, 0.1) is 27.4 Å². The Kier molecular flexibility index (Phi) is 11.6. The molecule has 7 nitrogen and oxygen atoms in total. The number of aromatic nitrogens is 1. The third-order valence-electron chi connectivity index (χ3n) is 4.02. The van der Waals surface area contributed by atoms with Crippen LogP contribution in [0, 0.1) is 5.92 Å². The highest BCUT2D eigenvalue weighted by Crippen LogP contribution is 2.27. The van der Waals surface area contributed by atoms with Crippen LogP contribution in [0.1, 0.15) is 25.0 Å². The summed E-state index contributed by atoms with van der Waals surface area (Å²) in [5, 5.41) is 3.57. The molecule has 166 valence electrons. The number of methoxy groups -OCH3 is 2. The van der Waals surface area contributed by atoms with E-state index in [2.05, 4.69) is 29.1 Å². The molecule has 0 amide bonds. The van der Waals surface area contributed by atoms with E-state index >= 15 is 0 Å². The van der Waals surface area contributed by atoms with Gasteiger partial charge in [-0.3, -0.25) is 0 Å². The molecule has 0 aliphatic carbocycles. The zero-order valence-corrected chi connectivity index (χ0v) is 20.9. The zero-order valence-electron chi connectivity index (χ0n) is 17.8. The minimum Gasteiger partial charge on any atom is -0.493 e. The Bertz CT molecular complexity index is 834. The SMILES string of the molecule is COc1ccc(CCNC(N)=NCc2cnc(OCC(C)C)c(Cl)c2)cc1OC.I. The van der Waals surface area contributed by atoms with Gasteiger partial charge in [0.25, 0.3) is 0 Å². The number of ether oxygens (including phenoxy) is 3. The van der Waals surface area contributed by atoms with Crippen molar-refractivity contribution in [2.24, 2.45) is 16.6 Å². The fourth-order valence-electron chi connectivity index (χ4n) is 2.51. The Morgan fingerprint density at radius 3 is 2.53 bits per heavy atom. The van der Waals surface area contributed by atoms with Crippen LogP contribution in [0.15, 0.2) is 35.5 Å². The average Bonchev–Trinajstić information content (AvgIpc) is 2.71. The fourth-order valence-corrected chi connectivity index (χ4v) is 2.75. The second-order valence-electron chi connectivity index (χ2n) is 6.90. The first-order chi connectivity index (χ1) is 13.9. The molecule has 9 heteroatoms. The van der Waals surface area contributed by atoms with Crippen molar-refractivity contribution >= 4 is 41.5 Å². The molecule has 3 N–H and O–H groups in total. The molecule has 0 radical (unpaired) electrons. The summed E-state index contributed by atoms with van der Waals surface area (Å²) in [4.78, 5) is 8.58. The van der Waals surface area contributed by atoms with Crippen LogP contribution >= 0.6 is 35.6 Å². The number of nitrogens with one attached hydrogen (secondary N) is 1. The highest BCUT2D eigenvalue weighted by atomic mass is 127. The van der Waals surface area contributed by atoms with E-state index in [9.17, 15) is 0 Å². The number of benzene rings is 1. The van der Waals surface area contributed by atoms with Gasteiger partial charge in [-0.15, -0.1) is 24.0 Å². The lowest BCUT2D eigenvalue weighted by Gasteiger charge is -2.11. The molecule has 1 heterocycles. The summed E-state index contributed by atoms with van der Waals surface area (Å²) in [6, 6.07) is 7.62.